The number of hydrogen-bond acceptors (Lipinski definition) is 1. The maximum Gasteiger partial charge on any atom is 0.222 e. The Morgan fingerprint density at radius 3 is 2.62 bits per heavy atom. The van der Waals surface area contributed by atoms with Gasteiger partial charge >= 0.3 is 0 Å². The highest BCUT2D eigenvalue weighted by molar-refractivity contribution is 5.78. The predicted molar refractivity (Wildman–Crippen MR) is 52.4 cm³/mol. The number of amides is 1. The molecular weight excluding hydrogens is 162 g/mol. The second-order valence-electron chi connectivity index (χ2n) is 4.52. The second kappa shape index (κ2) is 3.69. The van der Waals surface area contributed by atoms with E-state index in [1.165, 1.54) is 25.7 Å². The van der Waals surface area contributed by atoms with Crippen LogP contribution < -0.4 is 0 Å². The van der Waals surface area contributed by atoms with Crippen molar-refractivity contribution in [3.63, 3.8) is 0 Å². The van der Waals surface area contributed by atoms with Gasteiger partial charge in [0.2, 0.25) is 5.91 Å². The molecule has 74 valence electrons. The van der Waals surface area contributed by atoms with E-state index >= 15 is 0 Å². The topological polar surface area (TPSA) is 20.3 Å². The Labute approximate surface area is 80.3 Å². The fourth-order valence-corrected chi connectivity index (χ4v) is 2.78. The summed E-state index contributed by atoms with van der Waals surface area (Å²) in [6.07, 6.45) is 7.12. The molecule has 2 aliphatic rings. The van der Waals surface area contributed by atoms with Gasteiger partial charge < -0.3 is 4.90 Å². The van der Waals surface area contributed by atoms with E-state index in [4.69, 9.17) is 0 Å². The lowest BCUT2D eigenvalue weighted by Gasteiger charge is -2.36. The van der Waals surface area contributed by atoms with E-state index in [9.17, 15) is 4.79 Å². The maximum absolute atomic E-state index is 11.5. The zero-order valence-corrected chi connectivity index (χ0v) is 8.46. The highest BCUT2D eigenvalue weighted by atomic mass is 16.2. The molecule has 2 atom stereocenters. The first kappa shape index (κ1) is 9.04. The normalized spacial score (nSPS) is 35.5. The highest BCUT2D eigenvalue weighted by Gasteiger charge is 2.32. The van der Waals surface area contributed by atoms with Crippen molar-refractivity contribution in [2.24, 2.45) is 5.92 Å². The van der Waals surface area contributed by atoms with Crippen molar-refractivity contribution in [2.75, 3.05) is 6.54 Å². The monoisotopic (exact) mass is 181 g/mol. The summed E-state index contributed by atoms with van der Waals surface area (Å²) in [5, 5.41) is 0. The van der Waals surface area contributed by atoms with E-state index in [0.717, 1.165) is 25.3 Å². The van der Waals surface area contributed by atoms with E-state index in [-0.39, 0.29) is 0 Å². The minimum Gasteiger partial charge on any atom is -0.339 e. The van der Waals surface area contributed by atoms with Crippen molar-refractivity contribution in [1.82, 2.24) is 4.90 Å². The van der Waals surface area contributed by atoms with Gasteiger partial charge in [0.1, 0.15) is 0 Å². The summed E-state index contributed by atoms with van der Waals surface area (Å²) in [7, 11) is 0. The van der Waals surface area contributed by atoms with Crippen LogP contribution in [-0.2, 0) is 4.79 Å². The minimum absolute atomic E-state index is 0.402. The lowest BCUT2D eigenvalue weighted by atomic mass is 9.85. The van der Waals surface area contributed by atoms with Crippen molar-refractivity contribution in [3.05, 3.63) is 0 Å². The van der Waals surface area contributed by atoms with E-state index in [1.54, 1.807) is 0 Å². The summed E-state index contributed by atoms with van der Waals surface area (Å²) in [5.41, 5.74) is 0. The largest absolute Gasteiger partial charge is 0.339 e. The number of hydrogen-bond donors (Lipinski definition) is 0. The molecule has 1 amide bonds. The zero-order valence-electron chi connectivity index (χ0n) is 8.46. The van der Waals surface area contributed by atoms with E-state index in [1.807, 2.05) is 0 Å². The lowest BCUT2D eigenvalue weighted by molar-refractivity contribution is -0.131. The molecule has 0 unspecified atom stereocenters. The Hall–Kier alpha value is -0.530. The molecule has 2 fully saturated rings. The Bertz CT molecular complexity index is 202. The van der Waals surface area contributed by atoms with Gasteiger partial charge in [-0.1, -0.05) is 19.8 Å². The third-order valence-electron chi connectivity index (χ3n) is 3.58. The Morgan fingerprint density at radius 1 is 1.23 bits per heavy atom. The van der Waals surface area contributed by atoms with Crippen LogP contribution in [0.5, 0.6) is 0 Å². The van der Waals surface area contributed by atoms with Crippen LogP contribution in [0.2, 0.25) is 0 Å². The fraction of sp³-hybridized carbons (Fsp3) is 0.909. The quantitative estimate of drug-likeness (QED) is 0.607. The van der Waals surface area contributed by atoms with Gasteiger partial charge in [0.25, 0.3) is 0 Å². The fourth-order valence-electron chi connectivity index (χ4n) is 2.78. The molecule has 0 N–H and O–H groups in total. The van der Waals surface area contributed by atoms with Gasteiger partial charge in [-0.2, -0.15) is 0 Å². The molecule has 0 spiro atoms. The molecule has 0 bridgehead atoms. The van der Waals surface area contributed by atoms with Gasteiger partial charge in [0.05, 0.1) is 0 Å². The van der Waals surface area contributed by atoms with Gasteiger partial charge in [0, 0.05) is 19.0 Å². The van der Waals surface area contributed by atoms with Gasteiger partial charge in [-0.25, -0.2) is 0 Å². The first-order chi connectivity index (χ1) is 6.29. The molecule has 0 aromatic heterocycles. The van der Waals surface area contributed by atoms with Crippen LogP contribution in [0.1, 0.15) is 45.4 Å². The Morgan fingerprint density at radius 2 is 2.00 bits per heavy atom. The molecule has 0 radical (unpaired) electrons. The summed E-state index contributed by atoms with van der Waals surface area (Å²) in [4.78, 5) is 13.7. The number of likely N-dealkylation sites (tertiary alicyclic amines) is 1. The molecular formula is C11H19NO. The first-order valence-electron chi connectivity index (χ1n) is 5.58. The third kappa shape index (κ3) is 1.72. The molecule has 2 heteroatoms. The molecule has 1 saturated heterocycles. The first-order valence-corrected chi connectivity index (χ1v) is 5.58. The Kier molecular flexibility index (Phi) is 2.56. The van der Waals surface area contributed by atoms with Crippen LogP contribution in [-0.4, -0.2) is 23.4 Å². The van der Waals surface area contributed by atoms with Crippen molar-refractivity contribution in [1.29, 1.82) is 0 Å². The summed E-state index contributed by atoms with van der Waals surface area (Å²) in [5.74, 6) is 1.13. The summed E-state index contributed by atoms with van der Waals surface area (Å²) >= 11 is 0. The van der Waals surface area contributed by atoms with Crippen molar-refractivity contribution >= 4 is 5.91 Å². The van der Waals surface area contributed by atoms with E-state index in [0.29, 0.717) is 11.9 Å². The van der Waals surface area contributed by atoms with Crippen molar-refractivity contribution < 1.29 is 4.79 Å². The standard InChI is InChI=1S/C11H19NO/c1-9-5-2-3-6-10(9)12-8-4-7-11(12)13/h9-10H,2-8H2,1H3/t9-,10-/m0/s1. The molecule has 0 aromatic carbocycles. The molecule has 13 heavy (non-hydrogen) atoms. The second-order valence-corrected chi connectivity index (χ2v) is 4.52. The number of carbonyl (C=O) groups is 1. The van der Waals surface area contributed by atoms with Gasteiger partial charge in [0.15, 0.2) is 0 Å². The van der Waals surface area contributed by atoms with Gasteiger partial charge in [-0.15, -0.1) is 0 Å². The summed E-state index contributed by atoms with van der Waals surface area (Å²) in [6, 6.07) is 0.573. The number of rotatable bonds is 1. The molecule has 1 saturated carbocycles. The molecule has 1 heterocycles. The Balaban J connectivity index is 2.01. The van der Waals surface area contributed by atoms with Crippen LogP contribution in [0.15, 0.2) is 0 Å². The van der Waals surface area contributed by atoms with Crippen molar-refractivity contribution in [3.8, 4) is 0 Å². The van der Waals surface area contributed by atoms with Crippen LogP contribution in [0, 0.1) is 5.92 Å². The zero-order chi connectivity index (χ0) is 9.26. The van der Waals surface area contributed by atoms with Crippen molar-refractivity contribution in [2.45, 2.75) is 51.5 Å². The number of carbonyl (C=O) groups excluding carboxylic acids is 1. The summed E-state index contributed by atoms with van der Waals surface area (Å²) < 4.78 is 0. The maximum atomic E-state index is 11.5. The molecule has 2 nitrogen and oxygen atoms in total. The summed E-state index contributed by atoms with van der Waals surface area (Å²) in [6.45, 7) is 3.32. The van der Waals surface area contributed by atoms with E-state index < -0.39 is 0 Å². The SMILES string of the molecule is C[C@H]1CCCC[C@@H]1N1CCCC1=O. The smallest absolute Gasteiger partial charge is 0.222 e. The van der Waals surface area contributed by atoms with E-state index in [2.05, 4.69) is 11.8 Å². The highest BCUT2D eigenvalue weighted by Crippen LogP contribution is 2.30. The minimum atomic E-state index is 0.402. The average Bonchev–Trinajstić information content (AvgIpc) is 2.52. The average molecular weight is 181 g/mol. The molecule has 1 aliphatic heterocycles. The lowest BCUT2D eigenvalue weighted by Crippen LogP contribution is -2.42. The molecule has 0 aromatic rings. The van der Waals surface area contributed by atoms with Gasteiger partial charge in [-0.05, 0) is 25.2 Å². The van der Waals surface area contributed by atoms with Crippen LogP contribution in [0.3, 0.4) is 0 Å². The molecule has 1 aliphatic carbocycles. The molecule has 2 rings (SSSR count). The van der Waals surface area contributed by atoms with Crippen LogP contribution in [0.25, 0.3) is 0 Å². The van der Waals surface area contributed by atoms with Gasteiger partial charge in [-0.3, -0.25) is 4.79 Å². The predicted octanol–water partition coefficient (Wildman–Crippen LogP) is 2.19. The number of nitrogens with zero attached hydrogens (tertiary/aromatic N) is 1. The third-order valence-corrected chi connectivity index (χ3v) is 3.58. The van der Waals surface area contributed by atoms with Crippen LogP contribution in [0.4, 0.5) is 0 Å². The van der Waals surface area contributed by atoms with Crippen LogP contribution >= 0.6 is 0 Å².